The van der Waals surface area contributed by atoms with Crippen LogP contribution in [0.15, 0.2) is 18.2 Å². The normalized spacial score (nSPS) is 14.0. The molecule has 3 nitrogen and oxygen atoms in total. The van der Waals surface area contributed by atoms with Crippen molar-refractivity contribution in [3.8, 4) is 0 Å². The summed E-state index contributed by atoms with van der Waals surface area (Å²) in [6.45, 7) is 1.67. The minimum atomic E-state index is -4.87. The van der Waals surface area contributed by atoms with E-state index in [1.807, 2.05) is 0 Å². The second-order valence-electron chi connectivity index (χ2n) is 5.11. The van der Waals surface area contributed by atoms with E-state index >= 15 is 0 Å². The highest BCUT2D eigenvalue weighted by molar-refractivity contribution is 5.37. The quantitative estimate of drug-likeness (QED) is 0.582. The third-order valence-corrected chi connectivity index (χ3v) is 3.24. The van der Waals surface area contributed by atoms with E-state index in [2.05, 4.69) is 4.74 Å². The summed E-state index contributed by atoms with van der Waals surface area (Å²) in [6, 6.07) is 1.07. The van der Waals surface area contributed by atoms with Crippen molar-refractivity contribution in [1.29, 1.82) is 0 Å². The number of carbonyl (C=O) groups is 1. The third-order valence-electron chi connectivity index (χ3n) is 3.24. The van der Waals surface area contributed by atoms with E-state index in [4.69, 9.17) is 0 Å². The first-order valence-corrected chi connectivity index (χ1v) is 6.49. The third kappa shape index (κ3) is 5.74. The molecular formula is C14H15F6NO2. The second-order valence-corrected chi connectivity index (χ2v) is 5.11. The predicted octanol–water partition coefficient (Wildman–Crippen LogP) is 3.72. The summed E-state index contributed by atoms with van der Waals surface area (Å²) in [7, 11) is 1.51. The number of nitrogens with zero attached hydrogens (tertiary/aromatic N) is 1. The topological polar surface area (TPSA) is 29.5 Å². The van der Waals surface area contributed by atoms with Gasteiger partial charge in [-0.05, 0) is 37.7 Å². The zero-order valence-corrected chi connectivity index (χ0v) is 12.3. The molecule has 0 fully saturated rings. The van der Waals surface area contributed by atoms with Crippen LogP contribution in [0.3, 0.4) is 0 Å². The number of halogens is 6. The van der Waals surface area contributed by atoms with E-state index in [0.717, 1.165) is 0 Å². The lowest BCUT2D eigenvalue weighted by Crippen LogP contribution is -2.32. The van der Waals surface area contributed by atoms with Crippen LogP contribution in [0.2, 0.25) is 0 Å². The van der Waals surface area contributed by atoms with E-state index < -0.39 is 23.5 Å². The van der Waals surface area contributed by atoms with Gasteiger partial charge in [0.15, 0.2) is 0 Å². The smallest absolute Gasteiger partial charge is 0.416 e. The summed E-state index contributed by atoms with van der Waals surface area (Å²) in [5.74, 6) is 0. The van der Waals surface area contributed by atoms with Crippen LogP contribution in [-0.4, -0.2) is 31.1 Å². The van der Waals surface area contributed by atoms with Crippen molar-refractivity contribution in [2.75, 3.05) is 13.7 Å². The Morgan fingerprint density at radius 2 is 1.57 bits per heavy atom. The van der Waals surface area contributed by atoms with Crippen LogP contribution < -0.4 is 0 Å². The summed E-state index contributed by atoms with van der Waals surface area (Å²) in [6.07, 6.45) is -9.75. The number of ether oxygens (including phenoxy) is 1. The van der Waals surface area contributed by atoms with Crippen molar-refractivity contribution in [2.45, 2.75) is 31.9 Å². The fraction of sp³-hybridized carbons (Fsp3) is 0.500. The zero-order valence-electron chi connectivity index (χ0n) is 12.3. The van der Waals surface area contributed by atoms with Crippen molar-refractivity contribution in [1.82, 2.24) is 4.90 Å². The Kier molecular flexibility index (Phi) is 6.04. The molecule has 0 heterocycles. The highest BCUT2D eigenvalue weighted by Crippen LogP contribution is 2.36. The molecule has 1 unspecified atom stereocenters. The first kappa shape index (κ1) is 19.3. The lowest BCUT2D eigenvalue weighted by atomic mass is 10.0. The molecule has 130 valence electrons. The first-order valence-electron chi connectivity index (χ1n) is 6.49. The molecule has 0 amide bonds. The van der Waals surface area contributed by atoms with Crippen LogP contribution in [0.4, 0.5) is 26.3 Å². The number of hydrogen-bond acceptors (Lipinski definition) is 3. The molecule has 9 heteroatoms. The lowest BCUT2D eigenvalue weighted by molar-refractivity contribution is -0.143. The lowest BCUT2D eigenvalue weighted by Gasteiger charge is -2.24. The molecule has 23 heavy (non-hydrogen) atoms. The minimum Gasteiger partial charge on any atom is -0.466 e. The van der Waals surface area contributed by atoms with Crippen molar-refractivity contribution in [2.24, 2.45) is 0 Å². The van der Waals surface area contributed by atoms with Gasteiger partial charge in [0.2, 0.25) is 0 Å². The second kappa shape index (κ2) is 7.20. The fourth-order valence-electron chi connectivity index (χ4n) is 1.86. The molecule has 0 aliphatic carbocycles. The highest BCUT2D eigenvalue weighted by Gasteiger charge is 2.36. The van der Waals surface area contributed by atoms with E-state index in [9.17, 15) is 31.1 Å². The number of hydrogen-bond donors (Lipinski definition) is 0. The van der Waals surface area contributed by atoms with E-state index in [-0.39, 0.29) is 37.3 Å². The van der Waals surface area contributed by atoms with E-state index in [0.29, 0.717) is 12.1 Å². The van der Waals surface area contributed by atoms with Gasteiger partial charge in [-0.25, -0.2) is 0 Å². The standard InChI is InChI=1S/C14H15F6NO2/c1-9(7-23-8-22)21(2)6-10-3-11(13(15,16)17)5-12(4-10)14(18,19)20/h3-5,8-9H,6-7H2,1-2H3. The van der Waals surface area contributed by atoms with Crippen LogP contribution >= 0.6 is 0 Å². The van der Waals surface area contributed by atoms with Crippen LogP contribution in [0, 0.1) is 0 Å². The minimum absolute atomic E-state index is 0.0227. The molecule has 0 aliphatic heterocycles. The number of carbonyl (C=O) groups excluding carboxylic acids is 1. The van der Waals surface area contributed by atoms with Gasteiger partial charge >= 0.3 is 12.4 Å². The average molecular weight is 343 g/mol. The summed E-state index contributed by atoms with van der Waals surface area (Å²) in [5, 5.41) is 0. The van der Waals surface area contributed by atoms with Crippen LogP contribution in [0.25, 0.3) is 0 Å². The molecule has 1 rings (SSSR count). The summed E-state index contributed by atoms with van der Waals surface area (Å²) >= 11 is 0. The molecule has 0 saturated heterocycles. The average Bonchev–Trinajstić information content (AvgIpc) is 2.42. The SMILES string of the molecule is CC(COC=O)N(C)Cc1cc(C(F)(F)F)cc(C(F)(F)F)c1. The Morgan fingerprint density at radius 1 is 1.09 bits per heavy atom. The van der Waals surface area contributed by atoms with Gasteiger partial charge in [-0.2, -0.15) is 26.3 Å². The van der Waals surface area contributed by atoms with Gasteiger partial charge in [0.25, 0.3) is 6.47 Å². The number of likely N-dealkylation sites (N-methyl/N-ethyl adjacent to an activating group) is 1. The van der Waals surface area contributed by atoms with Gasteiger partial charge in [-0.3, -0.25) is 9.69 Å². The van der Waals surface area contributed by atoms with Crippen LogP contribution in [0.1, 0.15) is 23.6 Å². The molecular weight excluding hydrogens is 328 g/mol. The van der Waals surface area contributed by atoms with Crippen LogP contribution in [-0.2, 0) is 28.4 Å². The maximum atomic E-state index is 12.8. The maximum Gasteiger partial charge on any atom is 0.416 e. The predicted molar refractivity (Wildman–Crippen MR) is 69.4 cm³/mol. The van der Waals surface area contributed by atoms with Crippen molar-refractivity contribution >= 4 is 6.47 Å². The molecule has 0 N–H and O–H groups in total. The fourth-order valence-corrected chi connectivity index (χ4v) is 1.86. The summed E-state index contributed by atoms with van der Waals surface area (Å²) in [4.78, 5) is 11.6. The van der Waals surface area contributed by atoms with E-state index in [1.165, 1.54) is 11.9 Å². The molecule has 0 spiro atoms. The Bertz CT molecular complexity index is 509. The number of benzene rings is 1. The molecule has 1 atom stereocenters. The summed E-state index contributed by atoms with van der Waals surface area (Å²) < 4.78 is 81.1. The van der Waals surface area contributed by atoms with Crippen molar-refractivity contribution < 1.29 is 35.9 Å². The van der Waals surface area contributed by atoms with Crippen molar-refractivity contribution in [3.63, 3.8) is 0 Å². The monoisotopic (exact) mass is 343 g/mol. The van der Waals surface area contributed by atoms with Gasteiger partial charge in [-0.1, -0.05) is 0 Å². The number of rotatable bonds is 6. The molecule has 1 aromatic rings. The molecule has 0 bridgehead atoms. The van der Waals surface area contributed by atoms with Gasteiger partial charge in [0.1, 0.15) is 6.61 Å². The van der Waals surface area contributed by atoms with Gasteiger partial charge < -0.3 is 4.74 Å². The molecule has 1 aromatic carbocycles. The van der Waals surface area contributed by atoms with Gasteiger partial charge in [0.05, 0.1) is 11.1 Å². The Labute approximate surface area is 128 Å². The molecule has 0 radical (unpaired) electrons. The Hall–Kier alpha value is -1.77. The van der Waals surface area contributed by atoms with E-state index in [1.54, 1.807) is 6.92 Å². The Balaban J connectivity index is 3.08. The largest absolute Gasteiger partial charge is 0.466 e. The number of alkyl halides is 6. The Morgan fingerprint density at radius 3 is 1.96 bits per heavy atom. The molecule has 0 aromatic heterocycles. The maximum absolute atomic E-state index is 12.8. The van der Waals surface area contributed by atoms with Crippen molar-refractivity contribution in [3.05, 3.63) is 34.9 Å². The van der Waals surface area contributed by atoms with Crippen LogP contribution in [0.5, 0.6) is 0 Å². The zero-order chi connectivity index (χ0) is 17.8. The first-order chi connectivity index (χ1) is 10.4. The van der Waals surface area contributed by atoms with Gasteiger partial charge in [0, 0.05) is 12.6 Å². The highest BCUT2D eigenvalue weighted by atomic mass is 19.4. The molecule has 0 saturated carbocycles. The molecule has 0 aliphatic rings. The summed E-state index contributed by atoms with van der Waals surface area (Å²) in [5.41, 5.74) is -2.84. The van der Waals surface area contributed by atoms with Gasteiger partial charge in [-0.15, -0.1) is 0 Å².